The van der Waals surface area contributed by atoms with Gasteiger partial charge >= 0.3 is 0 Å². The average Bonchev–Trinajstić information content (AvgIpc) is 3.04. The highest BCUT2D eigenvalue weighted by Crippen LogP contribution is 2.15. The van der Waals surface area contributed by atoms with Gasteiger partial charge in [0.1, 0.15) is 0 Å². The first-order chi connectivity index (χ1) is 12.6. The number of rotatable bonds is 8. The van der Waals surface area contributed by atoms with E-state index in [2.05, 4.69) is 83.3 Å². The number of benzene rings is 2. The molecule has 26 heavy (non-hydrogen) atoms. The maximum absolute atomic E-state index is 9.92. The number of nitrogens with zero attached hydrogens (tertiary/aromatic N) is 2. The van der Waals surface area contributed by atoms with Crippen molar-refractivity contribution in [2.75, 3.05) is 6.54 Å². The monoisotopic (exact) mass is 348 g/mol. The lowest BCUT2D eigenvalue weighted by atomic mass is 10.1. The molecule has 3 nitrogen and oxygen atoms in total. The summed E-state index contributed by atoms with van der Waals surface area (Å²) >= 11 is 0. The van der Waals surface area contributed by atoms with Crippen LogP contribution in [-0.4, -0.2) is 27.2 Å². The highest BCUT2D eigenvalue weighted by molar-refractivity contribution is 5.26. The Bertz CT molecular complexity index is 808. The van der Waals surface area contributed by atoms with Gasteiger partial charge in [0.05, 0.1) is 6.10 Å². The summed E-state index contributed by atoms with van der Waals surface area (Å²) in [6.45, 7) is 7.20. The first-order valence-electron chi connectivity index (χ1n) is 9.24. The van der Waals surface area contributed by atoms with Crippen molar-refractivity contribution in [2.24, 2.45) is 0 Å². The van der Waals surface area contributed by atoms with Gasteiger partial charge in [-0.05, 0) is 42.7 Å². The first kappa shape index (κ1) is 18.4. The minimum absolute atomic E-state index is 0.349. The molecule has 0 saturated carbocycles. The molecule has 0 bridgehead atoms. The van der Waals surface area contributed by atoms with E-state index in [0.29, 0.717) is 6.54 Å². The van der Waals surface area contributed by atoms with Crippen molar-refractivity contribution in [1.29, 1.82) is 0 Å². The Morgan fingerprint density at radius 3 is 2.38 bits per heavy atom. The molecule has 0 saturated heterocycles. The quantitative estimate of drug-likeness (QED) is 0.660. The fraction of sp³-hybridized carbons (Fsp3) is 0.304. The number of aliphatic hydroxyl groups excluding tert-OH is 1. The highest BCUT2D eigenvalue weighted by Gasteiger charge is 2.13. The fourth-order valence-corrected chi connectivity index (χ4v) is 3.35. The summed E-state index contributed by atoms with van der Waals surface area (Å²) in [4.78, 5) is 2.31. The molecule has 1 N–H and O–H groups in total. The molecule has 1 heterocycles. The second-order valence-electron chi connectivity index (χ2n) is 7.06. The van der Waals surface area contributed by atoms with Gasteiger partial charge in [-0.1, -0.05) is 54.6 Å². The number of hydrogen-bond acceptors (Lipinski definition) is 2. The van der Waals surface area contributed by atoms with Crippen LogP contribution in [-0.2, 0) is 19.6 Å². The second-order valence-corrected chi connectivity index (χ2v) is 7.06. The predicted molar refractivity (Wildman–Crippen MR) is 107 cm³/mol. The van der Waals surface area contributed by atoms with Crippen LogP contribution in [0, 0.1) is 6.92 Å². The Labute approximate surface area is 156 Å². The maximum atomic E-state index is 9.92. The van der Waals surface area contributed by atoms with E-state index in [9.17, 15) is 5.11 Å². The fourth-order valence-electron chi connectivity index (χ4n) is 3.35. The molecule has 1 unspecified atom stereocenters. The molecule has 3 heteroatoms. The third-order valence-electron chi connectivity index (χ3n) is 4.68. The van der Waals surface area contributed by atoms with Gasteiger partial charge in [0, 0.05) is 38.1 Å². The number of aryl methyl sites for hydroxylation is 1. The van der Waals surface area contributed by atoms with Gasteiger partial charge in [-0.25, -0.2) is 0 Å². The van der Waals surface area contributed by atoms with Crippen LogP contribution in [0.2, 0.25) is 0 Å². The Balaban J connectivity index is 1.75. The predicted octanol–water partition coefficient (Wildman–Crippen LogP) is 4.23. The molecule has 3 aromatic rings. The van der Waals surface area contributed by atoms with E-state index in [1.54, 1.807) is 0 Å². The molecule has 3 rings (SSSR count). The smallest absolute Gasteiger partial charge is 0.0639 e. The lowest BCUT2D eigenvalue weighted by Crippen LogP contribution is -2.31. The summed E-state index contributed by atoms with van der Waals surface area (Å²) < 4.78 is 2.31. The largest absolute Gasteiger partial charge is 0.392 e. The molecule has 0 fully saturated rings. The normalized spacial score (nSPS) is 12.5. The van der Waals surface area contributed by atoms with E-state index in [-0.39, 0.29) is 6.10 Å². The van der Waals surface area contributed by atoms with Crippen LogP contribution in [0.25, 0.3) is 0 Å². The molecule has 0 aliphatic heterocycles. The Morgan fingerprint density at radius 2 is 1.65 bits per heavy atom. The molecule has 0 spiro atoms. The Morgan fingerprint density at radius 1 is 0.923 bits per heavy atom. The van der Waals surface area contributed by atoms with Gasteiger partial charge in [-0.3, -0.25) is 4.90 Å². The van der Waals surface area contributed by atoms with Crippen molar-refractivity contribution < 1.29 is 5.11 Å². The summed E-state index contributed by atoms with van der Waals surface area (Å²) in [5, 5.41) is 9.92. The maximum Gasteiger partial charge on any atom is 0.0639 e. The van der Waals surface area contributed by atoms with Crippen LogP contribution < -0.4 is 0 Å². The number of hydrogen-bond donors (Lipinski definition) is 1. The molecule has 1 aromatic heterocycles. The van der Waals surface area contributed by atoms with E-state index in [1.165, 1.54) is 22.4 Å². The summed E-state index contributed by atoms with van der Waals surface area (Å²) in [7, 11) is 0. The molecule has 136 valence electrons. The van der Waals surface area contributed by atoms with Crippen molar-refractivity contribution in [2.45, 2.75) is 39.6 Å². The van der Waals surface area contributed by atoms with Crippen molar-refractivity contribution in [3.8, 4) is 0 Å². The van der Waals surface area contributed by atoms with Crippen LogP contribution in [0.5, 0.6) is 0 Å². The summed E-state index contributed by atoms with van der Waals surface area (Å²) in [5.74, 6) is 0. The van der Waals surface area contributed by atoms with Gasteiger partial charge in [0.15, 0.2) is 0 Å². The molecule has 0 aliphatic carbocycles. The number of aliphatic hydroxyl groups is 1. The van der Waals surface area contributed by atoms with E-state index < -0.39 is 0 Å². The molecular formula is C23H28N2O. The Hall–Kier alpha value is -2.36. The minimum Gasteiger partial charge on any atom is -0.392 e. The highest BCUT2D eigenvalue weighted by atomic mass is 16.3. The van der Waals surface area contributed by atoms with Crippen LogP contribution in [0.3, 0.4) is 0 Å². The molecule has 0 radical (unpaired) electrons. The van der Waals surface area contributed by atoms with Crippen molar-refractivity contribution in [3.05, 3.63) is 95.3 Å². The summed E-state index contributed by atoms with van der Waals surface area (Å²) in [6.07, 6.45) is 1.80. The first-order valence-corrected chi connectivity index (χ1v) is 9.24. The lowest BCUT2D eigenvalue weighted by Gasteiger charge is -2.25. The van der Waals surface area contributed by atoms with Gasteiger partial charge in [0.25, 0.3) is 0 Å². The van der Waals surface area contributed by atoms with Crippen molar-refractivity contribution in [1.82, 2.24) is 9.47 Å². The second kappa shape index (κ2) is 8.84. The van der Waals surface area contributed by atoms with Crippen LogP contribution in [0.1, 0.15) is 29.3 Å². The summed E-state index contributed by atoms with van der Waals surface area (Å²) in [6, 6.07) is 23.3. The molecular weight excluding hydrogens is 320 g/mol. The number of aromatic nitrogens is 1. The van der Waals surface area contributed by atoms with Crippen LogP contribution >= 0.6 is 0 Å². The van der Waals surface area contributed by atoms with Gasteiger partial charge in [-0.15, -0.1) is 0 Å². The SMILES string of the molecule is Cc1ccccc1Cn1cccc1CN(Cc1ccccc1)CC(C)O. The van der Waals surface area contributed by atoms with Crippen molar-refractivity contribution in [3.63, 3.8) is 0 Å². The van der Waals surface area contributed by atoms with Gasteiger partial charge in [-0.2, -0.15) is 0 Å². The van der Waals surface area contributed by atoms with E-state index >= 15 is 0 Å². The van der Waals surface area contributed by atoms with Gasteiger partial charge < -0.3 is 9.67 Å². The molecule has 1 atom stereocenters. The Kier molecular flexibility index (Phi) is 6.26. The van der Waals surface area contributed by atoms with E-state index in [0.717, 1.165) is 19.6 Å². The standard InChI is InChI=1S/C23H28N2O/c1-19-9-6-7-12-22(19)17-25-14-8-13-23(25)18-24(15-20(2)26)16-21-10-4-3-5-11-21/h3-14,20,26H,15-18H2,1-2H3. The summed E-state index contributed by atoms with van der Waals surface area (Å²) in [5.41, 5.74) is 5.20. The van der Waals surface area contributed by atoms with Crippen LogP contribution in [0.15, 0.2) is 72.9 Å². The third kappa shape index (κ3) is 5.07. The zero-order valence-corrected chi connectivity index (χ0v) is 15.7. The lowest BCUT2D eigenvalue weighted by molar-refractivity contribution is 0.116. The topological polar surface area (TPSA) is 28.4 Å². The zero-order chi connectivity index (χ0) is 18.4. The van der Waals surface area contributed by atoms with Gasteiger partial charge in [0.2, 0.25) is 0 Å². The average molecular weight is 348 g/mol. The van der Waals surface area contributed by atoms with Crippen LogP contribution in [0.4, 0.5) is 0 Å². The van der Waals surface area contributed by atoms with E-state index in [1.807, 2.05) is 13.0 Å². The minimum atomic E-state index is -0.349. The molecule has 2 aromatic carbocycles. The van der Waals surface area contributed by atoms with Crippen molar-refractivity contribution >= 4 is 0 Å². The molecule has 0 amide bonds. The third-order valence-corrected chi connectivity index (χ3v) is 4.68. The zero-order valence-electron chi connectivity index (χ0n) is 15.7. The molecule has 0 aliphatic rings. The van der Waals surface area contributed by atoms with E-state index in [4.69, 9.17) is 0 Å².